The van der Waals surface area contributed by atoms with Gasteiger partial charge in [0.2, 0.25) is 0 Å². The van der Waals surface area contributed by atoms with E-state index in [1.54, 1.807) is 0 Å². The van der Waals surface area contributed by atoms with Crippen LogP contribution >= 0.6 is 0 Å². The second kappa shape index (κ2) is 0.744. The molecule has 0 aromatic carbocycles. The lowest BCUT2D eigenvalue weighted by atomic mass is 10.2. The van der Waals surface area contributed by atoms with Crippen molar-refractivity contribution in [2.75, 3.05) is 6.54 Å². The third kappa shape index (κ3) is 0.274. The van der Waals surface area contributed by atoms with Crippen LogP contribution in [0.5, 0.6) is 0 Å². The van der Waals surface area contributed by atoms with Crippen LogP contribution in [0.4, 0.5) is 0 Å². The van der Waals surface area contributed by atoms with Gasteiger partial charge in [-0.15, -0.1) is 0 Å². The van der Waals surface area contributed by atoms with Crippen LogP contribution < -0.4 is 5.32 Å². The van der Waals surface area contributed by atoms with Gasteiger partial charge < -0.3 is 5.32 Å². The highest BCUT2D eigenvalue weighted by molar-refractivity contribution is 5.14. The minimum atomic E-state index is 0.986. The van der Waals surface area contributed by atoms with Crippen LogP contribution in [0.3, 0.4) is 0 Å². The summed E-state index contributed by atoms with van der Waals surface area (Å²) < 4.78 is 0. The van der Waals surface area contributed by atoms with Gasteiger partial charge in [-0.1, -0.05) is 0 Å². The van der Waals surface area contributed by atoms with Crippen molar-refractivity contribution >= 4 is 0 Å². The molecule has 1 rings (SSSR count). The molecule has 1 aliphatic rings. The summed E-state index contributed by atoms with van der Waals surface area (Å²) >= 11 is 0. The van der Waals surface area contributed by atoms with Gasteiger partial charge in [-0.25, -0.2) is 0 Å². The van der Waals surface area contributed by atoms with Gasteiger partial charge in [0.25, 0.3) is 0 Å². The first-order chi connectivity index (χ1) is 2.39. The molecule has 5 heavy (non-hydrogen) atoms. The molecule has 0 unspecified atom stereocenters. The SMILES string of the molecule is [CH2]C1=CNC1. The number of nitrogens with one attached hydrogen (secondary N) is 1. The topological polar surface area (TPSA) is 12.0 Å². The lowest BCUT2D eigenvalue weighted by Crippen LogP contribution is -2.19. The van der Waals surface area contributed by atoms with E-state index in [9.17, 15) is 0 Å². The Morgan fingerprint density at radius 1 is 2.00 bits per heavy atom. The van der Waals surface area contributed by atoms with Gasteiger partial charge in [-0.05, 0) is 18.7 Å². The van der Waals surface area contributed by atoms with E-state index >= 15 is 0 Å². The average Bonchev–Trinajstić information content (AvgIpc) is 1.30. The second-order valence-corrected chi connectivity index (χ2v) is 1.18. The standard InChI is InChI=1S/C4H6N/c1-4-2-5-3-4/h2,5H,1,3H2. The molecule has 0 aromatic rings. The predicted octanol–water partition coefficient (Wildman–Crippen LogP) is 0.308. The van der Waals surface area contributed by atoms with Crippen molar-refractivity contribution in [2.24, 2.45) is 0 Å². The van der Waals surface area contributed by atoms with E-state index in [4.69, 9.17) is 0 Å². The van der Waals surface area contributed by atoms with Crippen molar-refractivity contribution in [1.29, 1.82) is 0 Å². The molecule has 0 spiro atoms. The van der Waals surface area contributed by atoms with E-state index in [1.807, 2.05) is 6.20 Å². The van der Waals surface area contributed by atoms with Crippen LogP contribution in [0.2, 0.25) is 0 Å². The van der Waals surface area contributed by atoms with E-state index in [0.29, 0.717) is 0 Å². The van der Waals surface area contributed by atoms with Crippen molar-refractivity contribution in [2.45, 2.75) is 0 Å². The fraction of sp³-hybridized carbons (Fsp3) is 0.250. The molecule has 1 radical (unpaired) electrons. The minimum absolute atomic E-state index is 0.986. The molecule has 1 N–H and O–H groups in total. The molecule has 1 heterocycles. The van der Waals surface area contributed by atoms with Crippen LogP contribution in [0.15, 0.2) is 11.8 Å². The Bertz CT molecular complexity index is 64.0. The van der Waals surface area contributed by atoms with Crippen molar-refractivity contribution < 1.29 is 0 Å². The number of hydrogen-bond donors (Lipinski definition) is 1. The van der Waals surface area contributed by atoms with Crippen LogP contribution in [-0.2, 0) is 0 Å². The fourth-order valence-corrected chi connectivity index (χ4v) is 0.246. The zero-order chi connectivity index (χ0) is 3.70. The Labute approximate surface area is 31.7 Å². The van der Waals surface area contributed by atoms with Crippen LogP contribution in [0.25, 0.3) is 0 Å². The predicted molar refractivity (Wildman–Crippen MR) is 21.4 cm³/mol. The molecule has 0 saturated carbocycles. The summed E-state index contributed by atoms with van der Waals surface area (Å²) in [4.78, 5) is 0. The highest BCUT2D eigenvalue weighted by Gasteiger charge is 1.92. The van der Waals surface area contributed by atoms with E-state index in [-0.39, 0.29) is 0 Å². The molecule has 0 aromatic heterocycles. The van der Waals surface area contributed by atoms with E-state index in [0.717, 1.165) is 6.54 Å². The average molecular weight is 68.1 g/mol. The Balaban J connectivity index is 2.51. The van der Waals surface area contributed by atoms with E-state index in [1.165, 1.54) is 5.57 Å². The molecule has 27 valence electrons. The van der Waals surface area contributed by atoms with Gasteiger partial charge in [-0.3, -0.25) is 0 Å². The summed E-state index contributed by atoms with van der Waals surface area (Å²) in [5, 5.41) is 2.94. The Morgan fingerprint density at radius 2 is 2.40 bits per heavy atom. The number of rotatable bonds is 0. The quantitative estimate of drug-likeness (QED) is 0.430. The van der Waals surface area contributed by atoms with Crippen molar-refractivity contribution in [3.05, 3.63) is 18.7 Å². The smallest absolute Gasteiger partial charge is 0.0371 e. The summed E-state index contributed by atoms with van der Waals surface area (Å²) in [7, 11) is 0. The van der Waals surface area contributed by atoms with Crippen LogP contribution in [0, 0.1) is 6.92 Å². The third-order valence-electron chi connectivity index (χ3n) is 0.635. The molecule has 0 bridgehead atoms. The van der Waals surface area contributed by atoms with Gasteiger partial charge >= 0.3 is 0 Å². The van der Waals surface area contributed by atoms with Crippen molar-refractivity contribution in [1.82, 2.24) is 5.32 Å². The zero-order valence-electron chi connectivity index (χ0n) is 2.99. The Kier molecular flexibility index (Phi) is 0.411. The Morgan fingerprint density at radius 3 is 2.40 bits per heavy atom. The molecule has 0 amide bonds. The van der Waals surface area contributed by atoms with E-state index in [2.05, 4.69) is 12.2 Å². The van der Waals surface area contributed by atoms with E-state index < -0.39 is 0 Å². The van der Waals surface area contributed by atoms with Gasteiger partial charge in [0.05, 0.1) is 0 Å². The Hall–Kier alpha value is -0.460. The molecular weight excluding hydrogens is 62.1 g/mol. The lowest BCUT2D eigenvalue weighted by molar-refractivity contribution is 0.857. The maximum atomic E-state index is 3.64. The summed E-state index contributed by atoms with van der Waals surface area (Å²) in [6.07, 6.45) is 1.90. The molecular formula is C4H6N. The summed E-state index contributed by atoms with van der Waals surface area (Å²) in [6.45, 7) is 4.63. The lowest BCUT2D eigenvalue weighted by Gasteiger charge is -2.09. The largest absolute Gasteiger partial charge is 0.387 e. The summed E-state index contributed by atoms with van der Waals surface area (Å²) in [5.41, 5.74) is 1.20. The normalized spacial score (nSPS) is 19.0. The minimum Gasteiger partial charge on any atom is -0.387 e. The van der Waals surface area contributed by atoms with Crippen molar-refractivity contribution in [3.8, 4) is 0 Å². The van der Waals surface area contributed by atoms with Gasteiger partial charge in [0, 0.05) is 6.54 Å². The van der Waals surface area contributed by atoms with Crippen LogP contribution in [-0.4, -0.2) is 6.54 Å². The molecule has 1 nitrogen and oxygen atoms in total. The molecule has 0 atom stereocenters. The maximum Gasteiger partial charge on any atom is 0.0371 e. The summed E-state index contributed by atoms with van der Waals surface area (Å²) in [5.74, 6) is 0. The highest BCUT2D eigenvalue weighted by Crippen LogP contribution is 1.93. The molecule has 1 heteroatoms. The maximum absolute atomic E-state index is 3.64. The second-order valence-electron chi connectivity index (χ2n) is 1.18. The number of hydrogen-bond acceptors (Lipinski definition) is 1. The van der Waals surface area contributed by atoms with Crippen molar-refractivity contribution in [3.63, 3.8) is 0 Å². The van der Waals surface area contributed by atoms with Crippen LogP contribution in [0.1, 0.15) is 0 Å². The first kappa shape index (κ1) is 2.76. The molecule has 1 aliphatic heterocycles. The third-order valence-corrected chi connectivity index (χ3v) is 0.635. The monoisotopic (exact) mass is 68.1 g/mol. The molecule has 0 fully saturated rings. The molecule has 0 aliphatic carbocycles. The molecule has 0 saturated heterocycles. The first-order valence-electron chi connectivity index (χ1n) is 1.64. The fourth-order valence-electron chi connectivity index (χ4n) is 0.246. The highest BCUT2D eigenvalue weighted by atomic mass is 14.9. The zero-order valence-corrected chi connectivity index (χ0v) is 2.99. The summed E-state index contributed by atoms with van der Waals surface area (Å²) in [6, 6.07) is 0. The van der Waals surface area contributed by atoms with Gasteiger partial charge in [0.15, 0.2) is 0 Å². The van der Waals surface area contributed by atoms with Gasteiger partial charge in [0.1, 0.15) is 0 Å². The van der Waals surface area contributed by atoms with Gasteiger partial charge in [-0.2, -0.15) is 0 Å². The first-order valence-corrected chi connectivity index (χ1v) is 1.64.